The molecular formula is C16H24N2O2. The second-order valence-corrected chi connectivity index (χ2v) is 5.48. The van der Waals surface area contributed by atoms with E-state index in [0.29, 0.717) is 17.2 Å². The van der Waals surface area contributed by atoms with Crippen molar-refractivity contribution in [1.82, 2.24) is 10.2 Å². The predicted molar refractivity (Wildman–Crippen MR) is 80.0 cm³/mol. The predicted octanol–water partition coefficient (Wildman–Crippen LogP) is 2.30. The highest BCUT2D eigenvalue weighted by atomic mass is 16.3. The van der Waals surface area contributed by atoms with Crippen LogP contribution in [0.2, 0.25) is 0 Å². The minimum absolute atomic E-state index is 0.0326. The zero-order chi connectivity index (χ0) is 14.7. The van der Waals surface area contributed by atoms with Crippen LogP contribution in [0, 0.1) is 6.92 Å². The van der Waals surface area contributed by atoms with Crippen LogP contribution in [0.15, 0.2) is 18.2 Å². The SMILES string of the molecule is CCC1CN(C(=O)c2cccc(O)c2C)C(CC)CN1. The summed E-state index contributed by atoms with van der Waals surface area (Å²) in [6, 6.07) is 5.74. The fourth-order valence-corrected chi connectivity index (χ4v) is 2.76. The zero-order valence-electron chi connectivity index (χ0n) is 12.5. The first-order valence-corrected chi connectivity index (χ1v) is 7.41. The molecule has 1 aliphatic heterocycles. The molecule has 1 aromatic carbocycles. The molecule has 1 aliphatic rings. The average molecular weight is 276 g/mol. The van der Waals surface area contributed by atoms with Crippen molar-refractivity contribution in [2.45, 2.75) is 45.7 Å². The summed E-state index contributed by atoms with van der Waals surface area (Å²) in [5.41, 5.74) is 1.28. The Morgan fingerprint density at radius 2 is 2.15 bits per heavy atom. The first kappa shape index (κ1) is 14.9. The molecule has 1 heterocycles. The molecule has 0 aliphatic carbocycles. The van der Waals surface area contributed by atoms with E-state index in [0.717, 1.165) is 25.9 Å². The summed E-state index contributed by atoms with van der Waals surface area (Å²) < 4.78 is 0. The maximum absolute atomic E-state index is 12.8. The second-order valence-electron chi connectivity index (χ2n) is 5.48. The van der Waals surface area contributed by atoms with Crippen molar-refractivity contribution in [3.63, 3.8) is 0 Å². The number of nitrogens with zero attached hydrogens (tertiary/aromatic N) is 1. The number of phenolic OH excluding ortho intramolecular Hbond substituents is 1. The molecule has 2 rings (SSSR count). The van der Waals surface area contributed by atoms with Gasteiger partial charge in [0.2, 0.25) is 0 Å². The average Bonchev–Trinajstić information content (AvgIpc) is 2.48. The number of piperazine rings is 1. The van der Waals surface area contributed by atoms with Gasteiger partial charge in [0.15, 0.2) is 0 Å². The molecule has 2 atom stereocenters. The van der Waals surface area contributed by atoms with Crippen molar-refractivity contribution in [2.24, 2.45) is 0 Å². The van der Waals surface area contributed by atoms with Gasteiger partial charge in [-0.05, 0) is 31.9 Å². The lowest BCUT2D eigenvalue weighted by molar-refractivity contribution is 0.0574. The normalized spacial score (nSPS) is 22.9. The lowest BCUT2D eigenvalue weighted by atomic mass is 10.0. The van der Waals surface area contributed by atoms with E-state index in [-0.39, 0.29) is 17.7 Å². The van der Waals surface area contributed by atoms with Gasteiger partial charge in [-0.2, -0.15) is 0 Å². The summed E-state index contributed by atoms with van der Waals surface area (Å²) in [5, 5.41) is 13.3. The van der Waals surface area contributed by atoms with Gasteiger partial charge < -0.3 is 15.3 Å². The lowest BCUT2D eigenvalue weighted by Gasteiger charge is -2.40. The highest BCUT2D eigenvalue weighted by molar-refractivity contribution is 5.96. The highest BCUT2D eigenvalue weighted by Crippen LogP contribution is 2.23. The molecule has 0 bridgehead atoms. The van der Waals surface area contributed by atoms with Crippen LogP contribution < -0.4 is 5.32 Å². The van der Waals surface area contributed by atoms with Gasteiger partial charge in [0.25, 0.3) is 5.91 Å². The van der Waals surface area contributed by atoms with E-state index in [1.165, 1.54) is 0 Å². The van der Waals surface area contributed by atoms with E-state index >= 15 is 0 Å². The third-order valence-electron chi connectivity index (χ3n) is 4.26. The molecule has 1 amide bonds. The Labute approximate surface area is 120 Å². The second kappa shape index (κ2) is 6.27. The summed E-state index contributed by atoms with van der Waals surface area (Å²) in [6.07, 6.45) is 1.95. The Morgan fingerprint density at radius 1 is 1.40 bits per heavy atom. The minimum Gasteiger partial charge on any atom is -0.508 e. The molecule has 2 N–H and O–H groups in total. The third-order valence-corrected chi connectivity index (χ3v) is 4.26. The number of aromatic hydroxyl groups is 1. The number of rotatable bonds is 3. The molecule has 1 fully saturated rings. The summed E-state index contributed by atoms with van der Waals surface area (Å²) in [7, 11) is 0. The van der Waals surface area contributed by atoms with Crippen molar-refractivity contribution < 1.29 is 9.90 Å². The molecule has 20 heavy (non-hydrogen) atoms. The van der Waals surface area contributed by atoms with Gasteiger partial charge in [-0.3, -0.25) is 4.79 Å². The fraction of sp³-hybridized carbons (Fsp3) is 0.562. The Balaban J connectivity index is 2.27. The smallest absolute Gasteiger partial charge is 0.254 e. The number of carbonyl (C=O) groups excluding carboxylic acids is 1. The topological polar surface area (TPSA) is 52.6 Å². The van der Waals surface area contributed by atoms with E-state index in [9.17, 15) is 9.90 Å². The molecule has 2 unspecified atom stereocenters. The maximum Gasteiger partial charge on any atom is 0.254 e. The third kappa shape index (κ3) is 2.80. The minimum atomic E-state index is 0.0326. The molecule has 0 aromatic heterocycles. The maximum atomic E-state index is 12.8. The van der Waals surface area contributed by atoms with Crippen LogP contribution in [0.4, 0.5) is 0 Å². The molecule has 1 aromatic rings. The van der Waals surface area contributed by atoms with Crippen LogP contribution in [0.3, 0.4) is 0 Å². The number of hydrogen-bond donors (Lipinski definition) is 2. The molecule has 0 radical (unpaired) electrons. The van der Waals surface area contributed by atoms with Crippen LogP contribution in [-0.4, -0.2) is 41.1 Å². The van der Waals surface area contributed by atoms with Gasteiger partial charge in [0.05, 0.1) is 0 Å². The van der Waals surface area contributed by atoms with Gasteiger partial charge in [-0.15, -0.1) is 0 Å². The van der Waals surface area contributed by atoms with Crippen molar-refractivity contribution in [3.8, 4) is 5.75 Å². The van der Waals surface area contributed by atoms with E-state index in [4.69, 9.17) is 0 Å². The fourth-order valence-electron chi connectivity index (χ4n) is 2.76. The van der Waals surface area contributed by atoms with Crippen LogP contribution >= 0.6 is 0 Å². The Morgan fingerprint density at radius 3 is 2.80 bits per heavy atom. The Hall–Kier alpha value is -1.55. The standard InChI is InChI=1S/C16H24N2O2/c1-4-12-10-18(13(5-2)9-17-12)16(20)14-7-6-8-15(19)11(14)3/h6-8,12-13,17,19H,4-5,9-10H2,1-3H3. The first-order chi connectivity index (χ1) is 9.58. The molecule has 1 saturated heterocycles. The summed E-state index contributed by atoms with van der Waals surface area (Å²) in [6.45, 7) is 7.62. The number of benzene rings is 1. The first-order valence-electron chi connectivity index (χ1n) is 7.41. The summed E-state index contributed by atoms with van der Waals surface area (Å²) in [5.74, 6) is 0.219. The number of amides is 1. The van der Waals surface area contributed by atoms with Gasteiger partial charge in [-0.1, -0.05) is 19.9 Å². The monoisotopic (exact) mass is 276 g/mol. The van der Waals surface area contributed by atoms with E-state index < -0.39 is 0 Å². The summed E-state index contributed by atoms with van der Waals surface area (Å²) in [4.78, 5) is 14.8. The lowest BCUT2D eigenvalue weighted by Crippen LogP contribution is -2.58. The van der Waals surface area contributed by atoms with Crippen LogP contribution in [-0.2, 0) is 0 Å². The zero-order valence-corrected chi connectivity index (χ0v) is 12.5. The molecule has 0 spiro atoms. The van der Waals surface area contributed by atoms with Crippen LogP contribution in [0.1, 0.15) is 42.6 Å². The van der Waals surface area contributed by atoms with Crippen molar-refractivity contribution in [1.29, 1.82) is 0 Å². The van der Waals surface area contributed by atoms with E-state index in [1.54, 1.807) is 25.1 Å². The van der Waals surface area contributed by atoms with Gasteiger partial charge >= 0.3 is 0 Å². The summed E-state index contributed by atoms with van der Waals surface area (Å²) >= 11 is 0. The van der Waals surface area contributed by atoms with Gasteiger partial charge in [-0.25, -0.2) is 0 Å². The number of phenols is 1. The molecule has 110 valence electrons. The van der Waals surface area contributed by atoms with Crippen LogP contribution in [0.25, 0.3) is 0 Å². The number of hydrogen-bond acceptors (Lipinski definition) is 3. The highest BCUT2D eigenvalue weighted by Gasteiger charge is 2.30. The van der Waals surface area contributed by atoms with Crippen molar-refractivity contribution >= 4 is 5.91 Å². The van der Waals surface area contributed by atoms with E-state index in [2.05, 4.69) is 19.2 Å². The molecule has 4 nitrogen and oxygen atoms in total. The van der Waals surface area contributed by atoms with Gasteiger partial charge in [0.1, 0.15) is 5.75 Å². The largest absolute Gasteiger partial charge is 0.508 e. The quantitative estimate of drug-likeness (QED) is 0.890. The molecule has 0 saturated carbocycles. The number of carbonyl (C=O) groups is 1. The molecule has 4 heteroatoms. The Bertz CT molecular complexity index is 487. The van der Waals surface area contributed by atoms with Gasteiger partial charge in [0, 0.05) is 36.3 Å². The van der Waals surface area contributed by atoms with Crippen LogP contribution in [0.5, 0.6) is 5.75 Å². The number of nitrogens with one attached hydrogen (secondary N) is 1. The van der Waals surface area contributed by atoms with Crippen molar-refractivity contribution in [2.75, 3.05) is 13.1 Å². The van der Waals surface area contributed by atoms with Crippen molar-refractivity contribution in [3.05, 3.63) is 29.3 Å². The Kier molecular flexibility index (Phi) is 4.65. The molecular weight excluding hydrogens is 252 g/mol. The van der Waals surface area contributed by atoms with E-state index in [1.807, 2.05) is 4.90 Å².